The normalized spacial score (nSPS) is 14.0. The smallest absolute Gasteiger partial charge is 0.0468 e. The lowest BCUT2D eigenvalue weighted by molar-refractivity contribution is 0.471. The zero-order chi connectivity index (χ0) is 14.5. The number of rotatable bonds is 6. The molecule has 0 fully saturated rings. The maximum atomic E-state index is 4.22. The SMILES string of the molecule is C[C@@H](NC(Cc1cccs1)c1cccs1)c1cccnc1. The maximum absolute atomic E-state index is 4.22. The molecule has 1 unspecified atom stereocenters. The second kappa shape index (κ2) is 6.98. The Bertz CT molecular complexity index is 633. The zero-order valence-electron chi connectivity index (χ0n) is 11.9. The van der Waals surface area contributed by atoms with Gasteiger partial charge in [-0.05, 0) is 41.4 Å². The molecule has 1 N–H and O–H groups in total. The van der Waals surface area contributed by atoms with Gasteiger partial charge in [-0.3, -0.25) is 4.98 Å². The second-order valence-corrected chi connectivity index (χ2v) is 7.04. The minimum Gasteiger partial charge on any atom is -0.302 e. The van der Waals surface area contributed by atoms with E-state index in [1.807, 2.05) is 41.1 Å². The van der Waals surface area contributed by atoms with Crippen LogP contribution in [0, 0.1) is 0 Å². The van der Waals surface area contributed by atoms with Crippen molar-refractivity contribution >= 4 is 22.7 Å². The predicted octanol–water partition coefficient (Wildman–Crippen LogP) is 4.84. The third kappa shape index (κ3) is 3.79. The van der Waals surface area contributed by atoms with Crippen molar-refractivity contribution in [3.63, 3.8) is 0 Å². The third-order valence-electron chi connectivity index (χ3n) is 3.51. The Morgan fingerprint density at radius 1 is 1.10 bits per heavy atom. The monoisotopic (exact) mass is 314 g/mol. The Morgan fingerprint density at radius 2 is 1.95 bits per heavy atom. The van der Waals surface area contributed by atoms with Gasteiger partial charge in [-0.25, -0.2) is 0 Å². The molecule has 0 aliphatic carbocycles. The molecule has 4 heteroatoms. The first-order chi connectivity index (χ1) is 10.3. The molecule has 0 bridgehead atoms. The van der Waals surface area contributed by atoms with E-state index in [2.05, 4.69) is 58.3 Å². The molecular formula is C17H18N2S2. The summed E-state index contributed by atoms with van der Waals surface area (Å²) < 4.78 is 0. The van der Waals surface area contributed by atoms with Gasteiger partial charge in [0.2, 0.25) is 0 Å². The topological polar surface area (TPSA) is 24.9 Å². The van der Waals surface area contributed by atoms with E-state index in [9.17, 15) is 0 Å². The van der Waals surface area contributed by atoms with Crippen molar-refractivity contribution in [1.29, 1.82) is 0 Å². The van der Waals surface area contributed by atoms with Crippen LogP contribution in [0.4, 0.5) is 0 Å². The van der Waals surface area contributed by atoms with Crippen molar-refractivity contribution < 1.29 is 0 Å². The van der Waals surface area contributed by atoms with Crippen LogP contribution >= 0.6 is 22.7 Å². The average molecular weight is 314 g/mol. The first-order valence-electron chi connectivity index (χ1n) is 7.04. The lowest BCUT2D eigenvalue weighted by Gasteiger charge is -2.22. The second-order valence-electron chi connectivity index (χ2n) is 5.03. The fraction of sp³-hybridized carbons (Fsp3) is 0.235. The Morgan fingerprint density at radius 3 is 2.62 bits per heavy atom. The summed E-state index contributed by atoms with van der Waals surface area (Å²) in [5.74, 6) is 0. The van der Waals surface area contributed by atoms with Gasteiger partial charge in [0.05, 0.1) is 0 Å². The quantitative estimate of drug-likeness (QED) is 0.704. The third-order valence-corrected chi connectivity index (χ3v) is 5.39. The van der Waals surface area contributed by atoms with Crippen molar-refractivity contribution in [2.45, 2.75) is 25.4 Å². The molecule has 0 aromatic carbocycles. The molecule has 3 heterocycles. The van der Waals surface area contributed by atoms with E-state index in [4.69, 9.17) is 0 Å². The molecule has 0 amide bonds. The largest absolute Gasteiger partial charge is 0.302 e. The summed E-state index contributed by atoms with van der Waals surface area (Å²) in [6.07, 6.45) is 4.79. The molecule has 2 nitrogen and oxygen atoms in total. The van der Waals surface area contributed by atoms with Gasteiger partial charge in [0.15, 0.2) is 0 Å². The molecule has 3 aromatic heterocycles. The number of hydrogen-bond acceptors (Lipinski definition) is 4. The summed E-state index contributed by atoms with van der Waals surface area (Å²) in [5.41, 5.74) is 1.23. The Labute approximate surface area is 133 Å². The van der Waals surface area contributed by atoms with Gasteiger partial charge >= 0.3 is 0 Å². The van der Waals surface area contributed by atoms with Crippen molar-refractivity contribution in [3.05, 3.63) is 74.9 Å². The van der Waals surface area contributed by atoms with Crippen LogP contribution < -0.4 is 5.32 Å². The first-order valence-corrected chi connectivity index (χ1v) is 8.80. The Hall–Kier alpha value is -1.49. The molecule has 108 valence electrons. The Balaban J connectivity index is 1.76. The molecule has 21 heavy (non-hydrogen) atoms. The highest BCUT2D eigenvalue weighted by Gasteiger charge is 2.17. The lowest BCUT2D eigenvalue weighted by atomic mass is 10.1. The molecule has 0 radical (unpaired) electrons. The van der Waals surface area contributed by atoms with Crippen LogP contribution in [0.1, 0.15) is 34.3 Å². The molecule has 0 saturated heterocycles. The fourth-order valence-electron chi connectivity index (χ4n) is 2.39. The fourth-order valence-corrected chi connectivity index (χ4v) is 3.93. The molecule has 0 aliphatic rings. The van der Waals surface area contributed by atoms with Crippen LogP contribution in [0.2, 0.25) is 0 Å². The van der Waals surface area contributed by atoms with Crippen molar-refractivity contribution in [2.24, 2.45) is 0 Å². The van der Waals surface area contributed by atoms with E-state index in [0.29, 0.717) is 6.04 Å². The van der Waals surface area contributed by atoms with Crippen LogP contribution in [-0.4, -0.2) is 4.98 Å². The minimum absolute atomic E-state index is 0.283. The first kappa shape index (κ1) is 14.4. The van der Waals surface area contributed by atoms with E-state index >= 15 is 0 Å². The van der Waals surface area contributed by atoms with E-state index in [1.54, 1.807) is 0 Å². The van der Waals surface area contributed by atoms with E-state index in [-0.39, 0.29) is 6.04 Å². The highest BCUT2D eigenvalue weighted by molar-refractivity contribution is 7.10. The van der Waals surface area contributed by atoms with Crippen molar-refractivity contribution in [1.82, 2.24) is 10.3 Å². The zero-order valence-corrected chi connectivity index (χ0v) is 13.5. The minimum atomic E-state index is 0.283. The number of nitrogens with zero attached hydrogens (tertiary/aromatic N) is 1. The summed E-state index contributed by atoms with van der Waals surface area (Å²) in [4.78, 5) is 7.02. The van der Waals surface area contributed by atoms with Crippen LogP contribution in [0.5, 0.6) is 0 Å². The predicted molar refractivity (Wildman–Crippen MR) is 90.9 cm³/mol. The highest BCUT2D eigenvalue weighted by Crippen LogP contribution is 2.27. The molecule has 2 atom stereocenters. The van der Waals surface area contributed by atoms with Crippen LogP contribution in [-0.2, 0) is 6.42 Å². The molecule has 0 aliphatic heterocycles. The van der Waals surface area contributed by atoms with Gasteiger partial charge in [0.25, 0.3) is 0 Å². The summed E-state index contributed by atoms with van der Waals surface area (Å²) in [6.45, 7) is 2.20. The highest BCUT2D eigenvalue weighted by atomic mass is 32.1. The maximum Gasteiger partial charge on any atom is 0.0468 e. The van der Waals surface area contributed by atoms with Crippen molar-refractivity contribution in [2.75, 3.05) is 0 Å². The summed E-state index contributed by atoms with van der Waals surface area (Å²) in [7, 11) is 0. The van der Waals surface area contributed by atoms with Crippen LogP contribution in [0.25, 0.3) is 0 Å². The van der Waals surface area contributed by atoms with Gasteiger partial charge in [0.1, 0.15) is 0 Å². The number of pyridine rings is 1. The van der Waals surface area contributed by atoms with Gasteiger partial charge < -0.3 is 5.32 Å². The van der Waals surface area contributed by atoms with E-state index in [0.717, 1.165) is 6.42 Å². The van der Waals surface area contributed by atoms with Gasteiger partial charge in [0, 0.05) is 40.7 Å². The molecule has 3 aromatic rings. The summed E-state index contributed by atoms with van der Waals surface area (Å²) in [6, 6.07) is 13.4. The number of thiophene rings is 2. The van der Waals surface area contributed by atoms with Gasteiger partial charge in [-0.1, -0.05) is 18.2 Å². The summed E-state index contributed by atoms with van der Waals surface area (Å²) in [5, 5.41) is 8.04. The molecular weight excluding hydrogens is 296 g/mol. The van der Waals surface area contributed by atoms with E-state index < -0.39 is 0 Å². The number of hydrogen-bond donors (Lipinski definition) is 1. The number of aromatic nitrogens is 1. The molecule has 0 spiro atoms. The summed E-state index contributed by atoms with van der Waals surface area (Å²) >= 11 is 3.64. The number of nitrogens with one attached hydrogen (secondary N) is 1. The van der Waals surface area contributed by atoms with E-state index in [1.165, 1.54) is 15.3 Å². The molecule has 0 saturated carbocycles. The van der Waals surface area contributed by atoms with Crippen LogP contribution in [0.15, 0.2) is 59.6 Å². The Kier molecular flexibility index (Phi) is 4.80. The lowest BCUT2D eigenvalue weighted by Crippen LogP contribution is -2.25. The van der Waals surface area contributed by atoms with Gasteiger partial charge in [-0.2, -0.15) is 0 Å². The average Bonchev–Trinajstić information content (AvgIpc) is 3.21. The van der Waals surface area contributed by atoms with Crippen LogP contribution in [0.3, 0.4) is 0 Å². The van der Waals surface area contributed by atoms with Crippen molar-refractivity contribution in [3.8, 4) is 0 Å². The molecule has 3 rings (SSSR count). The standard InChI is InChI=1S/C17H18N2S2/c1-13(14-5-2-8-18-12-14)19-16(17-7-4-10-21-17)11-15-6-3-9-20-15/h2-10,12-13,16,19H,11H2,1H3/t13-,16?/m1/s1. The van der Waals surface area contributed by atoms with Gasteiger partial charge in [-0.15, -0.1) is 22.7 Å².